The Morgan fingerprint density at radius 1 is 0.960 bits per heavy atom. The quantitative estimate of drug-likeness (QED) is 0.750. The summed E-state index contributed by atoms with van der Waals surface area (Å²) in [6, 6.07) is 15.5. The van der Waals surface area contributed by atoms with Gasteiger partial charge in [-0.3, -0.25) is 0 Å². The number of aliphatic hydroxyl groups is 1. The minimum absolute atomic E-state index is 0.455. The average molecular weight is 341 g/mol. The van der Waals surface area contributed by atoms with Crippen LogP contribution in [0.4, 0.5) is 0 Å². The van der Waals surface area contributed by atoms with E-state index >= 15 is 0 Å². The smallest absolute Gasteiger partial charge is 0.331 e. The van der Waals surface area contributed by atoms with Gasteiger partial charge in [0, 0.05) is 0 Å². The minimum atomic E-state index is -0.970. The normalized spacial score (nSPS) is 11.9. The highest BCUT2D eigenvalue weighted by Crippen LogP contribution is 2.27. The molecule has 0 amide bonds. The molecule has 4 nitrogen and oxygen atoms in total. The molecule has 0 aliphatic carbocycles. The van der Waals surface area contributed by atoms with E-state index in [1.165, 1.54) is 0 Å². The maximum atomic E-state index is 10.2. The van der Waals surface area contributed by atoms with Crippen molar-refractivity contribution in [2.75, 3.05) is 7.11 Å². The summed E-state index contributed by atoms with van der Waals surface area (Å²) in [5, 5.41) is 10.2. The lowest BCUT2D eigenvalue weighted by Gasteiger charge is -2.37. The summed E-state index contributed by atoms with van der Waals surface area (Å²) in [6.07, 6.45) is 0. The van der Waals surface area contributed by atoms with Crippen molar-refractivity contribution in [2.24, 2.45) is 0 Å². The second kappa shape index (κ2) is 7.94. The van der Waals surface area contributed by atoms with Crippen LogP contribution in [-0.2, 0) is 11.3 Å². The molecule has 0 saturated carbocycles. The van der Waals surface area contributed by atoms with Crippen LogP contribution in [0.3, 0.4) is 0 Å². The van der Waals surface area contributed by atoms with Crippen LogP contribution in [0.15, 0.2) is 48.5 Å². The van der Waals surface area contributed by atoms with Gasteiger partial charge in [-0.1, -0.05) is 36.4 Å². The van der Waals surface area contributed by atoms with Crippen LogP contribution in [-0.4, -0.2) is 30.9 Å². The molecular formula is C20H26BO4. The summed E-state index contributed by atoms with van der Waals surface area (Å²) < 4.78 is 17.1. The van der Waals surface area contributed by atoms with E-state index in [1.807, 2.05) is 62.4 Å². The lowest BCUT2D eigenvalue weighted by atomic mass is 9.82. The van der Waals surface area contributed by atoms with Crippen molar-refractivity contribution in [3.63, 3.8) is 0 Å². The number of methoxy groups -OCH3 is 1. The van der Waals surface area contributed by atoms with E-state index in [2.05, 4.69) is 0 Å². The first-order valence-corrected chi connectivity index (χ1v) is 8.31. The fraction of sp³-hybridized carbons (Fsp3) is 0.400. The number of rotatable bonds is 8. The maximum absolute atomic E-state index is 10.2. The number of hydrogen-bond acceptors (Lipinski definition) is 4. The topological polar surface area (TPSA) is 47.9 Å². The molecule has 0 aliphatic rings. The zero-order valence-electron chi connectivity index (χ0n) is 15.6. The SMILES string of the molecule is COc1ccc([B]OC(C)(C)C(C)(C)O)cc1OCc1ccccc1. The fourth-order valence-corrected chi connectivity index (χ4v) is 1.97. The van der Waals surface area contributed by atoms with E-state index in [0.717, 1.165) is 11.0 Å². The zero-order valence-corrected chi connectivity index (χ0v) is 15.6. The first-order valence-electron chi connectivity index (χ1n) is 8.31. The Labute approximate surface area is 151 Å². The Morgan fingerprint density at radius 3 is 2.24 bits per heavy atom. The summed E-state index contributed by atoms with van der Waals surface area (Å²) in [6.45, 7) is 7.60. The Morgan fingerprint density at radius 2 is 1.64 bits per heavy atom. The van der Waals surface area contributed by atoms with Gasteiger partial charge in [0.25, 0.3) is 0 Å². The third-order valence-corrected chi connectivity index (χ3v) is 4.39. The molecule has 0 aliphatic heterocycles. The van der Waals surface area contributed by atoms with Gasteiger partial charge in [-0.15, -0.1) is 0 Å². The summed E-state index contributed by atoms with van der Waals surface area (Å²) in [4.78, 5) is 0. The maximum Gasteiger partial charge on any atom is 0.331 e. The lowest BCUT2D eigenvalue weighted by molar-refractivity contribution is -0.0893. The van der Waals surface area contributed by atoms with Crippen LogP contribution in [0.5, 0.6) is 11.5 Å². The molecule has 0 spiro atoms. The van der Waals surface area contributed by atoms with Crippen molar-refractivity contribution in [3.8, 4) is 11.5 Å². The average Bonchev–Trinajstić information content (AvgIpc) is 2.58. The molecule has 0 fully saturated rings. The third kappa shape index (κ3) is 5.25. The van der Waals surface area contributed by atoms with Gasteiger partial charge < -0.3 is 19.2 Å². The molecule has 25 heavy (non-hydrogen) atoms. The van der Waals surface area contributed by atoms with Crippen molar-refractivity contribution >= 4 is 12.9 Å². The van der Waals surface area contributed by atoms with E-state index in [1.54, 1.807) is 28.4 Å². The molecule has 5 heteroatoms. The first kappa shape index (κ1) is 19.4. The largest absolute Gasteiger partial charge is 0.493 e. The molecule has 0 unspecified atom stereocenters. The third-order valence-electron chi connectivity index (χ3n) is 4.39. The van der Waals surface area contributed by atoms with Crippen LogP contribution in [0.1, 0.15) is 33.3 Å². The molecule has 0 atom stereocenters. The molecule has 2 aromatic rings. The van der Waals surface area contributed by atoms with Gasteiger partial charge in [-0.05, 0) is 50.9 Å². The minimum Gasteiger partial charge on any atom is -0.493 e. The van der Waals surface area contributed by atoms with Gasteiger partial charge in [-0.2, -0.15) is 0 Å². The zero-order chi connectivity index (χ0) is 18.5. The van der Waals surface area contributed by atoms with Gasteiger partial charge in [0.05, 0.1) is 18.3 Å². The number of hydrogen-bond donors (Lipinski definition) is 1. The predicted molar refractivity (Wildman–Crippen MR) is 101 cm³/mol. The summed E-state index contributed by atoms with van der Waals surface area (Å²) in [5.74, 6) is 1.31. The molecule has 0 saturated heterocycles. The molecule has 1 radical (unpaired) electrons. The van der Waals surface area contributed by atoms with Gasteiger partial charge in [0.1, 0.15) is 6.61 Å². The Kier molecular flexibility index (Phi) is 6.14. The van der Waals surface area contributed by atoms with E-state index in [4.69, 9.17) is 14.1 Å². The lowest BCUT2D eigenvalue weighted by Crippen LogP contribution is -2.49. The van der Waals surface area contributed by atoms with E-state index in [9.17, 15) is 5.11 Å². The highest BCUT2D eigenvalue weighted by atomic mass is 16.5. The monoisotopic (exact) mass is 341 g/mol. The van der Waals surface area contributed by atoms with Crippen LogP contribution in [0.2, 0.25) is 0 Å². The molecule has 0 bridgehead atoms. The molecular weight excluding hydrogens is 315 g/mol. The summed E-state index contributed by atoms with van der Waals surface area (Å²) in [7, 11) is 3.24. The molecule has 2 rings (SSSR count). The second-order valence-corrected chi connectivity index (χ2v) is 6.99. The van der Waals surface area contributed by atoms with Crippen LogP contribution < -0.4 is 14.9 Å². The molecule has 0 aromatic heterocycles. The fourth-order valence-electron chi connectivity index (χ4n) is 1.97. The van der Waals surface area contributed by atoms with Crippen molar-refractivity contribution in [2.45, 2.75) is 45.5 Å². The standard InChI is InChI=1S/C20H26BO4/c1-19(2,22)20(3,4)25-21-16-11-12-17(23-5)18(13-16)24-14-15-9-7-6-8-10-15/h6-13,22H,14H2,1-5H3. The van der Waals surface area contributed by atoms with Gasteiger partial charge >= 0.3 is 7.48 Å². The second-order valence-electron chi connectivity index (χ2n) is 6.99. The highest BCUT2D eigenvalue weighted by Gasteiger charge is 2.35. The Hall–Kier alpha value is -1.98. The Balaban J connectivity index is 2.08. The van der Waals surface area contributed by atoms with E-state index in [-0.39, 0.29) is 0 Å². The summed E-state index contributed by atoms with van der Waals surface area (Å²) >= 11 is 0. The van der Waals surface area contributed by atoms with Crippen molar-refractivity contribution in [1.82, 2.24) is 0 Å². The predicted octanol–water partition coefficient (Wildman–Crippen LogP) is 3.08. The number of ether oxygens (including phenoxy) is 2. The van der Waals surface area contributed by atoms with Crippen LogP contribution >= 0.6 is 0 Å². The van der Waals surface area contributed by atoms with Gasteiger partial charge in [0.15, 0.2) is 11.5 Å². The first-order chi connectivity index (χ1) is 11.7. The van der Waals surface area contributed by atoms with Crippen molar-refractivity contribution < 1.29 is 19.2 Å². The van der Waals surface area contributed by atoms with E-state index in [0.29, 0.717) is 18.1 Å². The van der Waals surface area contributed by atoms with Crippen molar-refractivity contribution in [1.29, 1.82) is 0 Å². The van der Waals surface area contributed by atoms with Gasteiger partial charge in [-0.25, -0.2) is 0 Å². The number of benzene rings is 2. The van der Waals surface area contributed by atoms with Gasteiger partial charge in [0.2, 0.25) is 0 Å². The Bertz CT molecular complexity index is 678. The summed E-state index contributed by atoms with van der Waals surface area (Å²) in [5.41, 5.74) is 0.222. The molecule has 133 valence electrons. The molecule has 1 N–H and O–H groups in total. The van der Waals surface area contributed by atoms with Crippen LogP contribution in [0, 0.1) is 0 Å². The molecule has 2 aromatic carbocycles. The highest BCUT2D eigenvalue weighted by molar-refractivity contribution is 6.47. The van der Waals surface area contributed by atoms with E-state index < -0.39 is 11.2 Å². The van der Waals surface area contributed by atoms with Crippen molar-refractivity contribution in [3.05, 3.63) is 54.1 Å². The van der Waals surface area contributed by atoms with Crippen LogP contribution in [0.25, 0.3) is 0 Å². The molecule has 0 heterocycles.